The summed E-state index contributed by atoms with van der Waals surface area (Å²) >= 11 is 0. The van der Waals surface area contributed by atoms with E-state index in [-0.39, 0.29) is 30.1 Å². The van der Waals surface area contributed by atoms with Crippen LogP contribution in [-0.4, -0.2) is 32.1 Å². The van der Waals surface area contributed by atoms with E-state index in [1.54, 1.807) is 13.1 Å². The van der Waals surface area contributed by atoms with E-state index in [0.29, 0.717) is 18.5 Å². The third kappa shape index (κ3) is 6.48. The lowest BCUT2D eigenvalue weighted by molar-refractivity contribution is -0.115. The van der Waals surface area contributed by atoms with Crippen LogP contribution in [0.3, 0.4) is 0 Å². The highest BCUT2D eigenvalue weighted by molar-refractivity contribution is 5.95. The molecule has 0 heterocycles. The van der Waals surface area contributed by atoms with E-state index >= 15 is 0 Å². The lowest BCUT2D eigenvalue weighted by Gasteiger charge is -2.19. The van der Waals surface area contributed by atoms with Crippen LogP contribution in [0.4, 0.5) is 10.1 Å². The topological polar surface area (TPSA) is 74.8 Å². The SMILES string of the molecule is CN=C(NCC(=O)Nc1ccccc1)NC(C)c1ccc(OCC2CC2)c(F)c1. The van der Waals surface area contributed by atoms with Crippen molar-refractivity contribution in [3.63, 3.8) is 0 Å². The van der Waals surface area contributed by atoms with E-state index < -0.39 is 0 Å². The molecule has 2 aromatic carbocycles. The average Bonchev–Trinajstić information content (AvgIpc) is 3.55. The van der Waals surface area contributed by atoms with Crippen molar-refractivity contribution >= 4 is 17.6 Å². The minimum atomic E-state index is -0.373. The summed E-state index contributed by atoms with van der Waals surface area (Å²) in [6, 6.07) is 14.0. The number of rotatable bonds is 8. The van der Waals surface area contributed by atoms with Crippen molar-refractivity contribution in [2.24, 2.45) is 10.9 Å². The summed E-state index contributed by atoms with van der Waals surface area (Å²) in [5.74, 6) is 0.753. The Morgan fingerprint density at radius 2 is 2.00 bits per heavy atom. The third-order valence-corrected chi connectivity index (χ3v) is 4.68. The van der Waals surface area contributed by atoms with Gasteiger partial charge in [0.15, 0.2) is 17.5 Å². The van der Waals surface area contributed by atoms with E-state index in [1.165, 1.54) is 6.07 Å². The molecule has 1 fully saturated rings. The number of nitrogens with one attached hydrogen (secondary N) is 3. The lowest BCUT2D eigenvalue weighted by Crippen LogP contribution is -2.42. The molecule has 2 aromatic rings. The number of nitrogens with zero attached hydrogens (tertiary/aromatic N) is 1. The van der Waals surface area contributed by atoms with Gasteiger partial charge in [-0.25, -0.2) is 4.39 Å². The second-order valence-corrected chi connectivity index (χ2v) is 7.15. The number of amides is 1. The predicted octanol–water partition coefficient (Wildman–Crippen LogP) is 3.48. The summed E-state index contributed by atoms with van der Waals surface area (Å²) < 4.78 is 19.8. The van der Waals surface area contributed by atoms with Crippen molar-refractivity contribution in [1.82, 2.24) is 10.6 Å². The number of benzene rings is 2. The molecule has 1 atom stereocenters. The minimum Gasteiger partial charge on any atom is -0.490 e. The molecule has 0 spiro atoms. The molecule has 0 radical (unpaired) electrons. The number of hydrogen-bond donors (Lipinski definition) is 3. The van der Waals surface area contributed by atoms with Gasteiger partial charge in [0.1, 0.15) is 0 Å². The van der Waals surface area contributed by atoms with Gasteiger partial charge in [0.2, 0.25) is 5.91 Å². The number of para-hydroxylation sites is 1. The van der Waals surface area contributed by atoms with E-state index in [2.05, 4.69) is 20.9 Å². The Balaban J connectivity index is 1.49. The highest BCUT2D eigenvalue weighted by atomic mass is 19.1. The highest BCUT2D eigenvalue weighted by Crippen LogP contribution is 2.30. The lowest BCUT2D eigenvalue weighted by atomic mass is 10.1. The number of ether oxygens (including phenoxy) is 1. The van der Waals surface area contributed by atoms with Crippen molar-refractivity contribution < 1.29 is 13.9 Å². The quantitative estimate of drug-likeness (QED) is 0.470. The van der Waals surface area contributed by atoms with E-state index in [9.17, 15) is 9.18 Å². The monoisotopic (exact) mass is 398 g/mol. The van der Waals surface area contributed by atoms with Gasteiger partial charge in [0, 0.05) is 12.7 Å². The molecule has 1 aliphatic rings. The molecular formula is C22H27FN4O2. The Hall–Kier alpha value is -3.09. The zero-order valence-electron chi connectivity index (χ0n) is 16.7. The zero-order chi connectivity index (χ0) is 20.6. The summed E-state index contributed by atoms with van der Waals surface area (Å²) in [5, 5.41) is 8.92. The summed E-state index contributed by atoms with van der Waals surface area (Å²) in [7, 11) is 1.62. The molecule has 0 bridgehead atoms. The fourth-order valence-electron chi connectivity index (χ4n) is 2.77. The first kappa shape index (κ1) is 20.6. The van der Waals surface area contributed by atoms with Crippen molar-refractivity contribution in [1.29, 1.82) is 0 Å². The molecule has 1 unspecified atom stereocenters. The molecule has 29 heavy (non-hydrogen) atoms. The Kier molecular flexibility index (Phi) is 7.05. The number of hydrogen-bond acceptors (Lipinski definition) is 3. The molecule has 1 aliphatic carbocycles. The van der Waals surface area contributed by atoms with Crippen molar-refractivity contribution in [2.45, 2.75) is 25.8 Å². The van der Waals surface area contributed by atoms with Gasteiger partial charge < -0.3 is 20.7 Å². The maximum atomic E-state index is 14.3. The van der Waals surface area contributed by atoms with Crippen LogP contribution in [-0.2, 0) is 4.79 Å². The summed E-state index contributed by atoms with van der Waals surface area (Å²) in [6.45, 7) is 2.53. The number of aliphatic imine (C=N–C) groups is 1. The zero-order valence-corrected chi connectivity index (χ0v) is 16.7. The highest BCUT2D eigenvalue weighted by Gasteiger charge is 2.22. The Bertz CT molecular complexity index is 853. The average molecular weight is 398 g/mol. The number of guanidine groups is 1. The summed E-state index contributed by atoms with van der Waals surface area (Å²) in [4.78, 5) is 16.2. The molecule has 0 saturated heterocycles. The standard InChI is InChI=1S/C22H27FN4O2/c1-15(17-10-11-20(19(23)12-17)29-14-16-8-9-16)26-22(24-2)25-13-21(28)27-18-6-4-3-5-7-18/h3-7,10-12,15-16H,8-9,13-14H2,1-2H3,(H,27,28)(H2,24,25,26). The first-order chi connectivity index (χ1) is 14.0. The van der Waals surface area contributed by atoms with Gasteiger partial charge in [-0.3, -0.25) is 9.79 Å². The van der Waals surface area contributed by atoms with Crippen LogP contribution in [0.1, 0.15) is 31.4 Å². The number of anilines is 1. The smallest absolute Gasteiger partial charge is 0.243 e. The van der Waals surface area contributed by atoms with Gasteiger partial charge in [0.05, 0.1) is 19.2 Å². The molecule has 1 amide bonds. The van der Waals surface area contributed by atoms with Crippen LogP contribution >= 0.6 is 0 Å². The Labute approximate surface area is 170 Å². The molecule has 154 valence electrons. The van der Waals surface area contributed by atoms with Crippen LogP contribution in [0, 0.1) is 11.7 Å². The summed E-state index contributed by atoms with van der Waals surface area (Å²) in [6.07, 6.45) is 2.33. The molecule has 3 rings (SSSR count). The van der Waals surface area contributed by atoms with Gasteiger partial charge in [0.25, 0.3) is 0 Å². The first-order valence-corrected chi connectivity index (χ1v) is 9.79. The van der Waals surface area contributed by atoms with E-state index in [1.807, 2.05) is 43.3 Å². The second kappa shape index (κ2) is 9.91. The molecule has 7 heteroatoms. The Morgan fingerprint density at radius 3 is 2.66 bits per heavy atom. The van der Waals surface area contributed by atoms with Gasteiger partial charge in [-0.15, -0.1) is 0 Å². The minimum absolute atomic E-state index is 0.0591. The molecule has 6 nitrogen and oxygen atoms in total. The molecule has 0 aromatic heterocycles. The fourth-order valence-corrected chi connectivity index (χ4v) is 2.77. The van der Waals surface area contributed by atoms with Crippen LogP contribution < -0.4 is 20.7 Å². The second-order valence-electron chi connectivity index (χ2n) is 7.15. The van der Waals surface area contributed by atoms with Crippen LogP contribution in [0.25, 0.3) is 0 Å². The van der Waals surface area contributed by atoms with Crippen molar-refractivity contribution in [2.75, 3.05) is 25.5 Å². The van der Waals surface area contributed by atoms with Gasteiger partial charge in [-0.2, -0.15) is 0 Å². The molecule has 0 aliphatic heterocycles. The predicted molar refractivity (Wildman–Crippen MR) is 113 cm³/mol. The Morgan fingerprint density at radius 1 is 1.24 bits per heavy atom. The normalized spacial score (nSPS) is 14.8. The summed E-state index contributed by atoms with van der Waals surface area (Å²) in [5.41, 5.74) is 1.49. The van der Waals surface area contributed by atoms with Gasteiger partial charge in [-0.1, -0.05) is 24.3 Å². The first-order valence-electron chi connectivity index (χ1n) is 9.79. The molecule has 1 saturated carbocycles. The maximum absolute atomic E-state index is 14.3. The van der Waals surface area contributed by atoms with Gasteiger partial charge >= 0.3 is 0 Å². The van der Waals surface area contributed by atoms with Gasteiger partial charge in [-0.05, 0) is 55.5 Å². The van der Waals surface area contributed by atoms with Crippen LogP contribution in [0.2, 0.25) is 0 Å². The number of halogens is 1. The van der Waals surface area contributed by atoms with E-state index in [0.717, 1.165) is 24.1 Å². The molecule has 3 N–H and O–H groups in total. The fraction of sp³-hybridized carbons (Fsp3) is 0.364. The van der Waals surface area contributed by atoms with Crippen molar-refractivity contribution in [3.8, 4) is 5.75 Å². The largest absolute Gasteiger partial charge is 0.490 e. The third-order valence-electron chi connectivity index (χ3n) is 4.68. The maximum Gasteiger partial charge on any atom is 0.243 e. The van der Waals surface area contributed by atoms with Crippen LogP contribution in [0.15, 0.2) is 53.5 Å². The van der Waals surface area contributed by atoms with Crippen LogP contribution in [0.5, 0.6) is 5.75 Å². The van der Waals surface area contributed by atoms with Crippen molar-refractivity contribution in [3.05, 3.63) is 59.9 Å². The van der Waals surface area contributed by atoms with E-state index in [4.69, 9.17) is 4.74 Å². The number of carbonyl (C=O) groups is 1. The number of carbonyl (C=O) groups excluding carboxylic acids is 1. The molecular weight excluding hydrogens is 371 g/mol.